The molecule has 0 aromatic heterocycles. The Bertz CT molecular complexity index is 731. The molecule has 0 heterocycles. The molecule has 2 aliphatic rings. The van der Waals surface area contributed by atoms with Gasteiger partial charge in [-0.1, -0.05) is 42.3 Å². The molecule has 0 spiro atoms. The van der Waals surface area contributed by atoms with Crippen molar-refractivity contribution in [2.45, 2.75) is 33.6 Å². The maximum Gasteiger partial charge on any atom is -0.0253 e. The first-order valence-electron chi connectivity index (χ1n) is 7.91. The van der Waals surface area contributed by atoms with Gasteiger partial charge in [0.15, 0.2) is 0 Å². The van der Waals surface area contributed by atoms with Gasteiger partial charge in [0.25, 0.3) is 0 Å². The Morgan fingerprint density at radius 2 is 1.76 bits per heavy atom. The Labute approximate surface area is 179 Å². The van der Waals surface area contributed by atoms with Gasteiger partial charge in [0.05, 0.1) is 0 Å². The topological polar surface area (TPSA) is 0 Å². The zero-order valence-corrected chi connectivity index (χ0v) is 18.8. The van der Waals surface area contributed by atoms with Crippen LogP contribution in [0.25, 0.3) is 11.1 Å². The van der Waals surface area contributed by atoms with Crippen LogP contribution in [0.5, 0.6) is 0 Å². The maximum atomic E-state index is 3.34. The van der Waals surface area contributed by atoms with Gasteiger partial charge in [-0.25, -0.2) is 12.2 Å². The molecule has 4 rings (SSSR count). The molecule has 2 aromatic carbocycles. The van der Waals surface area contributed by atoms with Crippen molar-refractivity contribution in [1.82, 2.24) is 0 Å². The third-order valence-electron chi connectivity index (χ3n) is 3.53. The monoisotopic (exact) mass is 446 g/mol. The molecule has 0 nitrogen and oxygen atoms in total. The first kappa shape index (κ1) is 24.3. The molecule has 2 aromatic rings. The van der Waals surface area contributed by atoms with Crippen LogP contribution in [-0.2, 0) is 30.7 Å². The SMILES string of the molecule is C[C](C)=[Zr+2].Cc1cc[c-]c2c1-c1ccccc1C2.[C-]1=CC=CC1.[Cl-].[Cl-]. The van der Waals surface area contributed by atoms with Crippen molar-refractivity contribution in [3.05, 3.63) is 83.5 Å². The molecule has 0 N–H and O–H groups in total. The normalized spacial score (nSPS) is 11.6. The molecule has 0 saturated heterocycles. The van der Waals surface area contributed by atoms with Gasteiger partial charge in [0, 0.05) is 0 Å². The van der Waals surface area contributed by atoms with Crippen molar-refractivity contribution in [1.29, 1.82) is 0 Å². The largest absolute Gasteiger partial charge is 1.00 e. The summed E-state index contributed by atoms with van der Waals surface area (Å²) in [6, 6.07) is 16.1. The second-order valence-corrected chi connectivity index (χ2v) is 8.31. The van der Waals surface area contributed by atoms with Crippen LogP contribution in [0.2, 0.25) is 0 Å². The van der Waals surface area contributed by atoms with E-state index in [1.165, 1.54) is 31.0 Å². The molecular formula is C22H22Cl2Zr-2. The summed E-state index contributed by atoms with van der Waals surface area (Å²) in [5.74, 6) is 0. The Balaban J connectivity index is 0.000000443. The average Bonchev–Trinajstić information content (AvgIpc) is 3.18. The summed E-state index contributed by atoms with van der Waals surface area (Å²) >= 11 is 1.55. The zero-order chi connectivity index (χ0) is 16.7. The van der Waals surface area contributed by atoms with Crippen molar-refractivity contribution in [3.63, 3.8) is 0 Å². The van der Waals surface area contributed by atoms with Crippen molar-refractivity contribution < 1.29 is 49.0 Å². The Kier molecular flexibility index (Phi) is 12.2. The summed E-state index contributed by atoms with van der Waals surface area (Å²) in [4.78, 5) is 0. The van der Waals surface area contributed by atoms with E-state index < -0.39 is 0 Å². The fraction of sp³-hybridized carbons (Fsp3) is 0.227. The van der Waals surface area contributed by atoms with Crippen LogP contribution in [0.1, 0.15) is 37.0 Å². The second-order valence-electron chi connectivity index (χ2n) is 5.85. The van der Waals surface area contributed by atoms with Crippen LogP contribution in [0.15, 0.2) is 54.6 Å². The van der Waals surface area contributed by atoms with E-state index in [0.717, 1.165) is 12.8 Å². The van der Waals surface area contributed by atoms with Crippen molar-refractivity contribution in [2.75, 3.05) is 0 Å². The van der Waals surface area contributed by atoms with Crippen LogP contribution in [0.4, 0.5) is 0 Å². The quantitative estimate of drug-likeness (QED) is 0.404. The van der Waals surface area contributed by atoms with Crippen LogP contribution in [0, 0.1) is 19.1 Å². The smallest absolute Gasteiger partial charge is 0.0253 e. The summed E-state index contributed by atoms with van der Waals surface area (Å²) < 4.78 is 1.51. The van der Waals surface area contributed by atoms with Gasteiger partial charge >= 0.3 is 41.3 Å². The van der Waals surface area contributed by atoms with Gasteiger partial charge < -0.3 is 24.8 Å². The van der Waals surface area contributed by atoms with E-state index >= 15 is 0 Å². The van der Waals surface area contributed by atoms with Gasteiger partial charge in [-0.15, -0.1) is 17.5 Å². The average molecular weight is 449 g/mol. The first-order chi connectivity index (χ1) is 11.1. The second kappa shape index (κ2) is 12.6. The molecule has 0 fully saturated rings. The van der Waals surface area contributed by atoms with Gasteiger partial charge in [-0.05, 0) is 6.42 Å². The predicted octanol–water partition coefficient (Wildman–Crippen LogP) is -0.574. The van der Waals surface area contributed by atoms with E-state index in [1.54, 1.807) is 24.2 Å². The number of halogens is 2. The van der Waals surface area contributed by atoms with Crippen LogP contribution < -0.4 is 24.8 Å². The first-order valence-corrected chi connectivity index (χ1v) is 9.14. The maximum absolute atomic E-state index is 3.34. The minimum absolute atomic E-state index is 0. The Hall–Kier alpha value is -0.747. The summed E-state index contributed by atoms with van der Waals surface area (Å²) in [5.41, 5.74) is 6.96. The molecule has 0 saturated carbocycles. The van der Waals surface area contributed by atoms with Gasteiger partial charge in [-0.3, -0.25) is 6.08 Å². The molecule has 0 unspecified atom stereocenters. The third-order valence-corrected chi connectivity index (χ3v) is 3.53. The van der Waals surface area contributed by atoms with E-state index in [2.05, 4.69) is 69.3 Å². The molecule has 3 heteroatoms. The number of hydrogen-bond donors (Lipinski definition) is 0. The zero-order valence-electron chi connectivity index (χ0n) is 14.9. The molecule has 2 aliphatic carbocycles. The number of benzene rings is 2. The van der Waals surface area contributed by atoms with E-state index in [-0.39, 0.29) is 24.8 Å². The minimum atomic E-state index is 0. The molecular weight excluding hydrogens is 426 g/mol. The van der Waals surface area contributed by atoms with Crippen LogP contribution in [0.3, 0.4) is 0 Å². The standard InChI is InChI=1S/C14H11.C5H5.C3H6.2ClH.Zr/c1-10-5-4-7-12-9-11-6-2-3-8-13(11)14(10)12;1-2-4-5-3-1;1-3-2;;;/h2-6,8H,9H2,1H3;1-3H,4H2;1-2H3;2*1H;/q2*-1;;;;+2/p-2. The number of fused-ring (bicyclic) bond motifs is 3. The van der Waals surface area contributed by atoms with E-state index in [0.29, 0.717) is 0 Å². The molecule has 0 radical (unpaired) electrons. The number of allylic oxidation sites excluding steroid dienone is 4. The third kappa shape index (κ3) is 7.57. The molecule has 0 aliphatic heterocycles. The van der Waals surface area contributed by atoms with E-state index in [1.807, 2.05) is 18.2 Å². The molecule has 0 atom stereocenters. The summed E-state index contributed by atoms with van der Waals surface area (Å²) in [7, 11) is 0. The number of rotatable bonds is 0. The number of aryl methyl sites for hydroxylation is 1. The predicted molar refractivity (Wildman–Crippen MR) is 96.2 cm³/mol. The van der Waals surface area contributed by atoms with Gasteiger partial charge in [0.1, 0.15) is 0 Å². The molecule has 0 amide bonds. The molecule has 130 valence electrons. The fourth-order valence-corrected chi connectivity index (χ4v) is 2.62. The van der Waals surface area contributed by atoms with E-state index in [9.17, 15) is 0 Å². The Morgan fingerprint density at radius 1 is 1.08 bits per heavy atom. The van der Waals surface area contributed by atoms with Crippen LogP contribution >= 0.6 is 0 Å². The molecule has 0 bridgehead atoms. The van der Waals surface area contributed by atoms with Gasteiger partial charge in [0.2, 0.25) is 0 Å². The van der Waals surface area contributed by atoms with Crippen molar-refractivity contribution in [2.24, 2.45) is 0 Å². The Morgan fingerprint density at radius 3 is 2.32 bits per heavy atom. The summed E-state index contributed by atoms with van der Waals surface area (Å²) in [6.45, 7) is 6.42. The van der Waals surface area contributed by atoms with Crippen molar-refractivity contribution in [3.8, 4) is 11.1 Å². The van der Waals surface area contributed by atoms with Crippen LogP contribution in [-0.4, -0.2) is 3.21 Å². The molecule has 25 heavy (non-hydrogen) atoms. The van der Waals surface area contributed by atoms with Crippen molar-refractivity contribution >= 4 is 3.21 Å². The minimum Gasteiger partial charge on any atom is -1.00 e. The number of hydrogen-bond acceptors (Lipinski definition) is 0. The fourth-order valence-electron chi connectivity index (χ4n) is 2.62. The van der Waals surface area contributed by atoms with E-state index in [4.69, 9.17) is 0 Å². The summed E-state index contributed by atoms with van der Waals surface area (Å²) in [5, 5.41) is 0. The summed E-state index contributed by atoms with van der Waals surface area (Å²) in [6.07, 6.45) is 11.0. The van der Waals surface area contributed by atoms with Gasteiger partial charge in [-0.2, -0.15) is 29.8 Å².